The number of hydrogen-bond acceptors (Lipinski definition) is 5. The Morgan fingerprint density at radius 3 is 2.60 bits per heavy atom. The molecule has 0 radical (unpaired) electrons. The molecule has 0 aliphatic carbocycles. The highest BCUT2D eigenvalue weighted by Crippen LogP contribution is 2.33. The van der Waals surface area contributed by atoms with Gasteiger partial charge in [-0.15, -0.1) is 35.3 Å². The van der Waals surface area contributed by atoms with Crippen LogP contribution in [0, 0.1) is 13.8 Å². The van der Waals surface area contributed by atoms with Crippen molar-refractivity contribution < 1.29 is 4.74 Å². The van der Waals surface area contributed by atoms with E-state index >= 15 is 0 Å². The molecule has 0 aromatic carbocycles. The molecule has 0 bridgehead atoms. The van der Waals surface area contributed by atoms with E-state index in [2.05, 4.69) is 42.6 Å². The fraction of sp³-hybridized carbons (Fsp3) is 0.765. The van der Waals surface area contributed by atoms with E-state index in [0.717, 1.165) is 63.8 Å². The zero-order chi connectivity index (χ0) is 17.4. The summed E-state index contributed by atoms with van der Waals surface area (Å²) in [4.78, 5) is 10.7. The minimum absolute atomic E-state index is 0. The second kappa shape index (κ2) is 11.6. The number of aromatic nitrogens is 1. The van der Waals surface area contributed by atoms with Crippen molar-refractivity contribution in [2.24, 2.45) is 4.99 Å². The van der Waals surface area contributed by atoms with Gasteiger partial charge in [-0.05, 0) is 39.9 Å². The van der Waals surface area contributed by atoms with Crippen LogP contribution in [0.5, 0.6) is 0 Å². The summed E-state index contributed by atoms with van der Waals surface area (Å²) < 4.78 is 5.73. The number of thioether (sulfide) groups is 1. The molecule has 1 saturated heterocycles. The minimum Gasteiger partial charge on any atom is -0.381 e. The van der Waals surface area contributed by atoms with Crippen LogP contribution in [0.15, 0.2) is 4.99 Å². The zero-order valence-corrected chi connectivity index (χ0v) is 19.6. The van der Waals surface area contributed by atoms with Crippen LogP contribution in [-0.4, -0.2) is 54.8 Å². The van der Waals surface area contributed by atoms with Crippen molar-refractivity contribution >= 4 is 53.0 Å². The summed E-state index contributed by atoms with van der Waals surface area (Å²) in [5.41, 5.74) is 1.15. The third-order valence-electron chi connectivity index (χ3n) is 4.41. The molecule has 1 fully saturated rings. The first kappa shape index (κ1) is 23.0. The lowest BCUT2D eigenvalue weighted by Gasteiger charge is -2.34. The second-order valence-corrected chi connectivity index (χ2v) is 8.68. The number of nitrogens with one attached hydrogen (secondary N) is 2. The smallest absolute Gasteiger partial charge is 0.191 e. The van der Waals surface area contributed by atoms with E-state index in [4.69, 9.17) is 9.73 Å². The van der Waals surface area contributed by atoms with Gasteiger partial charge in [0.2, 0.25) is 0 Å². The average Bonchev–Trinajstić information content (AvgIpc) is 2.91. The summed E-state index contributed by atoms with van der Waals surface area (Å²) in [5, 5.41) is 7.98. The van der Waals surface area contributed by atoms with Gasteiger partial charge in [-0.2, -0.15) is 11.8 Å². The Morgan fingerprint density at radius 2 is 2.04 bits per heavy atom. The molecule has 2 rings (SSSR count). The second-order valence-electron chi connectivity index (χ2n) is 6.12. The molecule has 144 valence electrons. The average molecular weight is 499 g/mol. The highest BCUT2D eigenvalue weighted by Gasteiger charge is 2.31. The largest absolute Gasteiger partial charge is 0.381 e. The molecule has 0 unspecified atom stereocenters. The molecular formula is C17H31IN4OS2. The van der Waals surface area contributed by atoms with Gasteiger partial charge in [0.25, 0.3) is 0 Å². The molecule has 1 aliphatic heterocycles. The molecule has 0 spiro atoms. The first-order chi connectivity index (χ1) is 11.6. The van der Waals surface area contributed by atoms with Gasteiger partial charge < -0.3 is 15.4 Å². The highest BCUT2D eigenvalue weighted by molar-refractivity contribution is 14.0. The number of halogens is 1. The van der Waals surface area contributed by atoms with Gasteiger partial charge >= 0.3 is 0 Å². The van der Waals surface area contributed by atoms with E-state index in [-0.39, 0.29) is 28.7 Å². The fourth-order valence-electron chi connectivity index (χ4n) is 2.67. The van der Waals surface area contributed by atoms with Crippen molar-refractivity contribution in [2.75, 3.05) is 39.1 Å². The fourth-order valence-corrected chi connectivity index (χ4v) is 4.37. The van der Waals surface area contributed by atoms with E-state index < -0.39 is 0 Å². The van der Waals surface area contributed by atoms with E-state index in [0.29, 0.717) is 0 Å². The lowest BCUT2D eigenvalue weighted by molar-refractivity contribution is 0.0794. The molecule has 5 nitrogen and oxygen atoms in total. The topological polar surface area (TPSA) is 58.5 Å². The summed E-state index contributed by atoms with van der Waals surface area (Å²) in [6, 6.07) is 0. The van der Waals surface area contributed by atoms with E-state index in [1.54, 1.807) is 11.3 Å². The Labute approximate surface area is 177 Å². The first-order valence-electron chi connectivity index (χ1n) is 8.66. The number of aliphatic imine (C=N–C) groups is 1. The van der Waals surface area contributed by atoms with Crippen LogP contribution in [0.2, 0.25) is 0 Å². The molecule has 1 aliphatic rings. The predicted octanol–water partition coefficient (Wildman–Crippen LogP) is 3.39. The van der Waals surface area contributed by atoms with Crippen molar-refractivity contribution in [3.63, 3.8) is 0 Å². The molecule has 1 aromatic heterocycles. The van der Waals surface area contributed by atoms with Crippen molar-refractivity contribution in [3.8, 4) is 0 Å². The standard InChI is InChI=1S/C17H30N4OS2.HI/c1-5-18-16(19-9-6-15-21-13(2)14(3)24-15)20-12-17(23-4)7-10-22-11-8-17;/h5-12H2,1-4H3,(H2,18,19,20);1H. The molecule has 0 saturated carbocycles. The number of guanidine groups is 1. The number of ether oxygens (including phenoxy) is 1. The molecule has 1 aromatic rings. The maximum absolute atomic E-state index is 5.51. The molecule has 8 heteroatoms. The van der Waals surface area contributed by atoms with Gasteiger partial charge in [-0.1, -0.05) is 0 Å². The zero-order valence-electron chi connectivity index (χ0n) is 15.7. The van der Waals surface area contributed by atoms with Gasteiger partial charge in [-0.3, -0.25) is 4.99 Å². The molecule has 2 N–H and O–H groups in total. The predicted molar refractivity (Wildman–Crippen MR) is 121 cm³/mol. The van der Waals surface area contributed by atoms with Crippen molar-refractivity contribution in [1.82, 2.24) is 15.6 Å². The minimum atomic E-state index is 0. The molecule has 2 heterocycles. The Bertz CT molecular complexity index is 525. The van der Waals surface area contributed by atoms with Crippen LogP contribution >= 0.6 is 47.1 Å². The van der Waals surface area contributed by atoms with E-state index in [9.17, 15) is 0 Å². The summed E-state index contributed by atoms with van der Waals surface area (Å²) >= 11 is 3.72. The lowest BCUT2D eigenvalue weighted by Crippen LogP contribution is -2.41. The number of rotatable bonds is 7. The third-order valence-corrected chi connectivity index (χ3v) is 6.95. The maximum Gasteiger partial charge on any atom is 0.191 e. The van der Waals surface area contributed by atoms with Crippen LogP contribution in [0.3, 0.4) is 0 Å². The number of thiazole rings is 1. The van der Waals surface area contributed by atoms with Gasteiger partial charge in [0.05, 0.1) is 17.2 Å². The summed E-state index contributed by atoms with van der Waals surface area (Å²) in [7, 11) is 0. The van der Waals surface area contributed by atoms with Gasteiger partial charge in [0.15, 0.2) is 5.96 Å². The van der Waals surface area contributed by atoms with Crippen LogP contribution in [0.1, 0.15) is 35.3 Å². The van der Waals surface area contributed by atoms with Crippen molar-refractivity contribution in [1.29, 1.82) is 0 Å². The quantitative estimate of drug-likeness (QED) is 0.343. The Kier molecular flexibility index (Phi) is 10.7. The molecule has 0 amide bonds. The van der Waals surface area contributed by atoms with Crippen LogP contribution in [-0.2, 0) is 11.2 Å². The highest BCUT2D eigenvalue weighted by atomic mass is 127. The maximum atomic E-state index is 5.51. The monoisotopic (exact) mass is 498 g/mol. The normalized spacial score (nSPS) is 17.0. The Balaban J connectivity index is 0.00000312. The summed E-state index contributed by atoms with van der Waals surface area (Å²) in [5.74, 6) is 0.905. The molecule has 25 heavy (non-hydrogen) atoms. The number of hydrogen-bond donors (Lipinski definition) is 2. The van der Waals surface area contributed by atoms with Crippen molar-refractivity contribution in [2.45, 2.75) is 44.8 Å². The summed E-state index contributed by atoms with van der Waals surface area (Å²) in [6.07, 6.45) is 5.28. The van der Waals surface area contributed by atoms with Crippen LogP contribution in [0.4, 0.5) is 0 Å². The first-order valence-corrected chi connectivity index (χ1v) is 10.7. The van der Waals surface area contributed by atoms with E-state index in [1.807, 2.05) is 11.8 Å². The van der Waals surface area contributed by atoms with Gasteiger partial charge in [0, 0.05) is 42.3 Å². The van der Waals surface area contributed by atoms with Crippen molar-refractivity contribution in [3.05, 3.63) is 15.6 Å². The number of aryl methyl sites for hydroxylation is 2. The van der Waals surface area contributed by atoms with E-state index in [1.165, 1.54) is 9.88 Å². The third kappa shape index (κ3) is 7.22. The van der Waals surface area contributed by atoms with Crippen LogP contribution in [0.25, 0.3) is 0 Å². The Morgan fingerprint density at radius 1 is 1.32 bits per heavy atom. The Hall–Kier alpha value is -0.0600. The van der Waals surface area contributed by atoms with Gasteiger partial charge in [-0.25, -0.2) is 4.98 Å². The summed E-state index contributed by atoms with van der Waals surface area (Å²) in [6.45, 7) is 10.6. The van der Waals surface area contributed by atoms with Gasteiger partial charge in [0.1, 0.15) is 0 Å². The molecule has 0 atom stereocenters. The van der Waals surface area contributed by atoms with Crippen LogP contribution < -0.4 is 10.6 Å². The molecular weight excluding hydrogens is 467 g/mol. The lowest BCUT2D eigenvalue weighted by atomic mass is 9.99. The number of nitrogens with zero attached hydrogens (tertiary/aromatic N) is 2. The SMILES string of the molecule is CCNC(=NCC1(SC)CCOCC1)NCCc1nc(C)c(C)s1.I.